The maximum Gasteiger partial charge on any atom is 0.408 e. The molecule has 4 amide bonds. The first-order valence-corrected chi connectivity index (χ1v) is 16.9. The molecule has 242 valence electrons. The molecule has 0 radical (unpaired) electrons. The second-order valence-corrected chi connectivity index (χ2v) is 14.2. The van der Waals surface area contributed by atoms with Gasteiger partial charge in [-0.15, -0.1) is 0 Å². The molecule has 1 aromatic rings. The highest BCUT2D eigenvalue weighted by atomic mass is 32.2. The molecule has 0 spiro atoms. The van der Waals surface area contributed by atoms with Gasteiger partial charge in [-0.2, -0.15) is 8.42 Å². The van der Waals surface area contributed by atoms with Crippen LogP contribution in [0.5, 0.6) is 0 Å². The Morgan fingerprint density at radius 2 is 1.80 bits per heavy atom. The van der Waals surface area contributed by atoms with Crippen molar-refractivity contribution in [3.8, 4) is 0 Å². The van der Waals surface area contributed by atoms with Crippen LogP contribution in [0.2, 0.25) is 0 Å². The summed E-state index contributed by atoms with van der Waals surface area (Å²) in [5.74, 6) is -2.16. The second-order valence-electron chi connectivity index (χ2n) is 12.8. The highest BCUT2D eigenvalue weighted by Gasteiger charge is 2.61. The lowest BCUT2D eigenvalue weighted by Crippen LogP contribution is -2.58. The van der Waals surface area contributed by atoms with Gasteiger partial charge in [-0.25, -0.2) is 9.52 Å². The predicted octanol–water partition coefficient (Wildman–Crippen LogP) is 3.30. The number of anilines is 1. The summed E-state index contributed by atoms with van der Waals surface area (Å²) >= 11 is 0. The number of hydrogen-bond acceptors (Lipinski definition) is 7. The molecule has 1 aliphatic carbocycles. The molecule has 4 unspecified atom stereocenters. The third kappa shape index (κ3) is 8.52. The predicted molar refractivity (Wildman–Crippen MR) is 166 cm³/mol. The molecule has 2 fully saturated rings. The number of ether oxygens (including phenoxy) is 1. The molecule has 12 nitrogen and oxygen atoms in total. The number of nitrogens with one attached hydrogen (secondary N) is 4. The molecule has 13 heteroatoms. The first-order valence-electron chi connectivity index (χ1n) is 15.5. The van der Waals surface area contributed by atoms with E-state index >= 15 is 0 Å². The Balaban J connectivity index is 1.52. The standard InChI is InChI=1S/C31H45N5O7S/c1-5-21-15-17-23(18-16-21)34-44(41,42)35-28(39)31-20-22(31)12-9-7-6-8-10-13-24(32-29(40)43-30(2,3)4)27(38)36-19-11-14-25(36)26(37)33-31/h9,12,15-18,22,24-25,34H,5-8,10-11,13-14,19-20H2,1-4H3,(H,32,40)(H,33,37)(H,35,39)/b12-9-. The average Bonchev–Trinajstić information content (AvgIpc) is 3.40. The monoisotopic (exact) mass is 631 g/mol. The summed E-state index contributed by atoms with van der Waals surface area (Å²) < 4.78 is 35.7. The number of allylic oxidation sites excluding steroid dienone is 1. The fourth-order valence-corrected chi connectivity index (χ4v) is 6.67. The van der Waals surface area contributed by atoms with Crippen LogP contribution in [0.15, 0.2) is 36.4 Å². The molecule has 1 saturated carbocycles. The molecule has 1 aromatic carbocycles. The summed E-state index contributed by atoms with van der Waals surface area (Å²) in [5.41, 5.74) is -0.880. The topological polar surface area (TPSA) is 163 Å². The van der Waals surface area contributed by atoms with Crippen LogP contribution in [0.25, 0.3) is 0 Å². The molecular weight excluding hydrogens is 586 g/mol. The molecule has 4 rings (SSSR count). The zero-order valence-corrected chi connectivity index (χ0v) is 26.8. The van der Waals surface area contributed by atoms with Gasteiger partial charge in [-0.05, 0) is 83.4 Å². The third-order valence-corrected chi connectivity index (χ3v) is 9.13. The first-order chi connectivity index (χ1) is 20.7. The molecule has 0 bridgehead atoms. The number of nitrogens with zero attached hydrogens (tertiary/aromatic N) is 1. The fraction of sp³-hybridized carbons (Fsp3) is 0.613. The number of aryl methyl sites for hydroxylation is 1. The Bertz CT molecular complexity index is 1370. The van der Waals surface area contributed by atoms with E-state index in [4.69, 9.17) is 4.74 Å². The number of carbonyl (C=O) groups excluding carboxylic acids is 4. The van der Waals surface area contributed by atoms with E-state index in [1.807, 2.05) is 19.1 Å². The van der Waals surface area contributed by atoms with Crippen molar-refractivity contribution in [2.45, 2.75) is 109 Å². The number of carbonyl (C=O) groups is 4. The maximum absolute atomic E-state index is 13.7. The highest BCUT2D eigenvalue weighted by Crippen LogP contribution is 2.45. The number of fused-ring (bicyclic) bond motifs is 2. The summed E-state index contributed by atoms with van der Waals surface area (Å²) in [7, 11) is -4.30. The lowest BCUT2D eigenvalue weighted by atomic mass is 10.0. The maximum atomic E-state index is 13.7. The molecule has 4 atom stereocenters. The zero-order chi connectivity index (χ0) is 32.1. The third-order valence-electron chi connectivity index (χ3n) is 8.17. The number of alkyl carbamates (subject to hydrolysis) is 1. The van der Waals surface area contributed by atoms with Crippen molar-refractivity contribution < 1.29 is 32.3 Å². The number of rotatable bonds is 6. The van der Waals surface area contributed by atoms with Gasteiger partial charge in [-0.1, -0.05) is 44.1 Å². The van der Waals surface area contributed by atoms with Crippen molar-refractivity contribution in [3.05, 3.63) is 42.0 Å². The normalized spacial score (nSPS) is 27.0. The van der Waals surface area contributed by atoms with Crippen LogP contribution in [0.3, 0.4) is 0 Å². The minimum atomic E-state index is -4.30. The number of hydrogen-bond donors (Lipinski definition) is 4. The lowest BCUT2D eigenvalue weighted by molar-refractivity contribution is -0.141. The van der Waals surface area contributed by atoms with E-state index in [1.54, 1.807) is 45.0 Å². The Morgan fingerprint density at radius 1 is 1.07 bits per heavy atom. The van der Waals surface area contributed by atoms with Crippen molar-refractivity contribution in [2.24, 2.45) is 5.92 Å². The summed E-state index contributed by atoms with van der Waals surface area (Å²) in [6.45, 7) is 7.52. The van der Waals surface area contributed by atoms with E-state index in [1.165, 1.54) is 4.90 Å². The molecule has 2 aliphatic heterocycles. The summed E-state index contributed by atoms with van der Waals surface area (Å²) in [6, 6.07) is 5.09. The van der Waals surface area contributed by atoms with Crippen molar-refractivity contribution in [3.63, 3.8) is 0 Å². The zero-order valence-electron chi connectivity index (χ0n) is 26.0. The van der Waals surface area contributed by atoms with Crippen molar-refractivity contribution in [1.29, 1.82) is 0 Å². The van der Waals surface area contributed by atoms with Crippen LogP contribution in [0.4, 0.5) is 10.5 Å². The van der Waals surface area contributed by atoms with Gasteiger partial charge in [0.2, 0.25) is 11.8 Å². The van der Waals surface area contributed by atoms with E-state index < -0.39 is 57.3 Å². The van der Waals surface area contributed by atoms with Gasteiger partial charge in [-0.3, -0.25) is 19.1 Å². The van der Waals surface area contributed by atoms with E-state index in [0.29, 0.717) is 44.3 Å². The summed E-state index contributed by atoms with van der Waals surface area (Å²) in [6.07, 6.45) is 8.49. The SMILES string of the molecule is CCc1ccc(NS(=O)(=O)NC(=O)C23CC2/C=C\CCCCCC(NC(=O)OC(C)(C)C)C(=O)N2CCCC2C(=O)N3)cc1. The molecule has 1 saturated heterocycles. The van der Waals surface area contributed by atoms with Gasteiger partial charge in [0, 0.05) is 12.5 Å². The number of benzene rings is 1. The van der Waals surface area contributed by atoms with Crippen molar-refractivity contribution in [2.75, 3.05) is 11.3 Å². The van der Waals surface area contributed by atoms with Crippen molar-refractivity contribution >= 4 is 39.7 Å². The summed E-state index contributed by atoms with van der Waals surface area (Å²) in [5, 5.41) is 5.52. The van der Waals surface area contributed by atoms with Gasteiger partial charge < -0.3 is 20.3 Å². The Kier molecular flexibility index (Phi) is 10.3. The lowest BCUT2D eigenvalue weighted by Gasteiger charge is -2.30. The molecule has 4 N–H and O–H groups in total. The largest absolute Gasteiger partial charge is 0.444 e. The van der Waals surface area contributed by atoms with Crippen LogP contribution < -0.4 is 20.1 Å². The van der Waals surface area contributed by atoms with Crippen LogP contribution in [0.1, 0.15) is 84.6 Å². The van der Waals surface area contributed by atoms with Crippen LogP contribution in [-0.4, -0.2) is 66.9 Å². The van der Waals surface area contributed by atoms with E-state index in [0.717, 1.165) is 24.8 Å². The Labute approximate surface area is 259 Å². The van der Waals surface area contributed by atoms with E-state index in [2.05, 4.69) is 20.1 Å². The van der Waals surface area contributed by atoms with E-state index in [-0.39, 0.29) is 12.3 Å². The van der Waals surface area contributed by atoms with E-state index in [9.17, 15) is 27.6 Å². The quantitative estimate of drug-likeness (QED) is 0.350. The molecule has 44 heavy (non-hydrogen) atoms. The number of amides is 4. The Hall–Kier alpha value is -3.61. The molecule has 0 aromatic heterocycles. The highest BCUT2D eigenvalue weighted by molar-refractivity contribution is 7.91. The molecular formula is C31H45N5O7S. The molecule has 3 aliphatic rings. The smallest absolute Gasteiger partial charge is 0.408 e. The fourth-order valence-electron chi connectivity index (χ4n) is 5.75. The van der Waals surface area contributed by atoms with Crippen LogP contribution in [0, 0.1) is 5.92 Å². The van der Waals surface area contributed by atoms with Crippen LogP contribution >= 0.6 is 0 Å². The molecule has 2 heterocycles. The minimum Gasteiger partial charge on any atom is -0.444 e. The van der Waals surface area contributed by atoms with Gasteiger partial charge in [0.05, 0.1) is 5.69 Å². The second kappa shape index (κ2) is 13.6. The average molecular weight is 632 g/mol. The summed E-state index contributed by atoms with van der Waals surface area (Å²) in [4.78, 5) is 55.0. The first kappa shape index (κ1) is 33.3. The van der Waals surface area contributed by atoms with Gasteiger partial charge in [0.1, 0.15) is 23.2 Å². The van der Waals surface area contributed by atoms with Gasteiger partial charge in [0.25, 0.3) is 5.91 Å². The van der Waals surface area contributed by atoms with Gasteiger partial charge in [0.15, 0.2) is 0 Å². The van der Waals surface area contributed by atoms with Gasteiger partial charge >= 0.3 is 16.3 Å². The van der Waals surface area contributed by atoms with Crippen LogP contribution in [-0.2, 0) is 35.8 Å². The minimum absolute atomic E-state index is 0.227. The van der Waals surface area contributed by atoms with Crippen molar-refractivity contribution in [1.82, 2.24) is 20.3 Å². The Morgan fingerprint density at radius 3 is 2.48 bits per heavy atom.